The normalized spacial score (nSPS) is 17.4. The lowest BCUT2D eigenvalue weighted by molar-refractivity contribution is 0.0908. The molecule has 0 radical (unpaired) electrons. The summed E-state index contributed by atoms with van der Waals surface area (Å²) in [6.07, 6.45) is 3.54. The second-order valence-electron chi connectivity index (χ2n) is 5.47. The lowest BCUT2D eigenvalue weighted by Crippen LogP contribution is -2.40. The van der Waals surface area contributed by atoms with E-state index in [1.54, 1.807) is 6.92 Å². The topological polar surface area (TPSA) is 89.3 Å². The minimum Gasteiger partial charge on any atom is -0.349 e. The third-order valence-corrected chi connectivity index (χ3v) is 4.90. The molecule has 110 valence electrons. The number of hydrogen-bond donors (Lipinski definition) is 2. The molecule has 2 rings (SSSR count). The number of nitrogens with two attached hydrogens (primary N) is 1. The molecule has 1 saturated carbocycles. The van der Waals surface area contributed by atoms with Crippen LogP contribution in [0.2, 0.25) is 0 Å². The maximum Gasteiger partial charge on any atom is 0.251 e. The number of sulfonamides is 1. The van der Waals surface area contributed by atoms with E-state index in [4.69, 9.17) is 5.14 Å². The van der Waals surface area contributed by atoms with Gasteiger partial charge in [-0.1, -0.05) is 6.42 Å². The highest BCUT2D eigenvalue weighted by atomic mass is 32.2. The Bertz CT molecular complexity index is 621. The molecular weight excluding hydrogens is 276 g/mol. The highest BCUT2D eigenvalue weighted by Gasteiger charge is 2.25. The van der Waals surface area contributed by atoms with Crippen molar-refractivity contribution in [1.82, 2.24) is 5.32 Å². The van der Waals surface area contributed by atoms with Crippen LogP contribution in [0.25, 0.3) is 0 Å². The summed E-state index contributed by atoms with van der Waals surface area (Å²) < 4.78 is 22.5. The summed E-state index contributed by atoms with van der Waals surface area (Å²) in [6.45, 7) is 3.72. The van der Waals surface area contributed by atoms with Crippen LogP contribution in [0.4, 0.5) is 0 Å². The van der Waals surface area contributed by atoms with Gasteiger partial charge in [-0.3, -0.25) is 4.79 Å². The number of amides is 1. The smallest absolute Gasteiger partial charge is 0.251 e. The van der Waals surface area contributed by atoms with Crippen LogP contribution in [0.3, 0.4) is 0 Å². The quantitative estimate of drug-likeness (QED) is 0.883. The summed E-state index contributed by atoms with van der Waals surface area (Å²) in [4.78, 5) is 12.2. The van der Waals surface area contributed by atoms with Crippen molar-refractivity contribution in [1.29, 1.82) is 0 Å². The number of hydrogen-bond acceptors (Lipinski definition) is 3. The number of nitrogens with one attached hydrogen (secondary N) is 1. The highest BCUT2D eigenvalue weighted by Crippen LogP contribution is 2.29. The van der Waals surface area contributed by atoms with Crippen LogP contribution in [0, 0.1) is 12.8 Å². The first-order valence-corrected chi connectivity index (χ1v) is 8.28. The molecule has 1 aliphatic carbocycles. The van der Waals surface area contributed by atoms with Gasteiger partial charge in [0, 0.05) is 11.6 Å². The Balaban J connectivity index is 2.14. The van der Waals surface area contributed by atoms with E-state index in [2.05, 4.69) is 5.32 Å². The van der Waals surface area contributed by atoms with Gasteiger partial charge in [0.25, 0.3) is 5.91 Å². The van der Waals surface area contributed by atoms with E-state index >= 15 is 0 Å². The van der Waals surface area contributed by atoms with Gasteiger partial charge in [-0.05, 0) is 56.4 Å². The first-order chi connectivity index (χ1) is 9.29. The van der Waals surface area contributed by atoms with Crippen molar-refractivity contribution in [2.45, 2.75) is 44.0 Å². The molecule has 0 saturated heterocycles. The summed E-state index contributed by atoms with van der Waals surface area (Å²) in [5.41, 5.74) is 1.10. The SMILES string of the molecule is Cc1cc(S(N)(=O)=O)ccc1C(=O)NC(C)C1CCC1. The minimum atomic E-state index is -3.73. The predicted molar refractivity (Wildman–Crippen MR) is 76.8 cm³/mol. The van der Waals surface area contributed by atoms with Gasteiger partial charge in [0.15, 0.2) is 0 Å². The molecule has 1 unspecified atom stereocenters. The van der Waals surface area contributed by atoms with Crippen molar-refractivity contribution >= 4 is 15.9 Å². The molecule has 0 heterocycles. The fourth-order valence-electron chi connectivity index (χ4n) is 2.41. The largest absolute Gasteiger partial charge is 0.349 e. The fourth-order valence-corrected chi connectivity index (χ4v) is 3.01. The van der Waals surface area contributed by atoms with E-state index in [9.17, 15) is 13.2 Å². The van der Waals surface area contributed by atoms with Gasteiger partial charge in [0.2, 0.25) is 10.0 Å². The minimum absolute atomic E-state index is 0.0265. The number of rotatable bonds is 4. The first-order valence-electron chi connectivity index (χ1n) is 6.73. The van der Waals surface area contributed by atoms with Gasteiger partial charge in [-0.15, -0.1) is 0 Å². The lowest BCUT2D eigenvalue weighted by Gasteiger charge is -2.32. The van der Waals surface area contributed by atoms with Crippen LogP contribution in [-0.4, -0.2) is 20.4 Å². The molecule has 6 heteroatoms. The zero-order chi connectivity index (χ0) is 14.9. The molecule has 1 aromatic carbocycles. The summed E-state index contributed by atoms with van der Waals surface area (Å²) in [6, 6.07) is 4.45. The van der Waals surface area contributed by atoms with E-state index in [0.29, 0.717) is 17.0 Å². The Morgan fingerprint density at radius 1 is 1.40 bits per heavy atom. The monoisotopic (exact) mass is 296 g/mol. The standard InChI is InChI=1S/C14H20N2O3S/c1-9-8-12(20(15,18)19)6-7-13(9)14(17)16-10(2)11-4-3-5-11/h6-8,10-11H,3-5H2,1-2H3,(H,16,17)(H2,15,18,19). The van der Waals surface area contributed by atoms with Gasteiger partial charge in [-0.2, -0.15) is 0 Å². The van der Waals surface area contributed by atoms with E-state index in [0.717, 1.165) is 12.8 Å². The molecule has 0 spiro atoms. The van der Waals surface area contributed by atoms with E-state index in [1.165, 1.54) is 24.6 Å². The Morgan fingerprint density at radius 2 is 2.05 bits per heavy atom. The summed E-state index contributed by atoms with van der Waals surface area (Å²) in [5, 5.41) is 8.05. The molecule has 0 bridgehead atoms. The molecule has 3 N–H and O–H groups in total. The molecule has 1 amide bonds. The summed E-state index contributed by atoms with van der Waals surface area (Å²) in [5.74, 6) is 0.394. The molecule has 1 aliphatic rings. The van der Waals surface area contributed by atoms with Gasteiger partial charge in [-0.25, -0.2) is 13.6 Å². The van der Waals surface area contributed by atoms with Crippen LogP contribution in [0.15, 0.2) is 23.1 Å². The van der Waals surface area contributed by atoms with E-state index < -0.39 is 10.0 Å². The van der Waals surface area contributed by atoms with E-state index in [-0.39, 0.29) is 16.8 Å². The second kappa shape index (κ2) is 5.54. The Hall–Kier alpha value is -1.40. The van der Waals surface area contributed by atoms with Crippen LogP contribution < -0.4 is 10.5 Å². The summed E-state index contributed by atoms with van der Waals surface area (Å²) >= 11 is 0. The lowest BCUT2D eigenvalue weighted by atomic mass is 9.80. The molecular formula is C14H20N2O3S. The molecule has 20 heavy (non-hydrogen) atoms. The zero-order valence-corrected chi connectivity index (χ0v) is 12.5. The zero-order valence-electron chi connectivity index (χ0n) is 11.7. The second-order valence-corrected chi connectivity index (χ2v) is 7.04. The molecule has 5 nitrogen and oxygen atoms in total. The number of primary sulfonamides is 1. The maximum atomic E-state index is 12.2. The summed E-state index contributed by atoms with van der Waals surface area (Å²) in [7, 11) is -3.73. The van der Waals surface area contributed by atoms with Crippen LogP contribution in [0.5, 0.6) is 0 Å². The van der Waals surface area contributed by atoms with Crippen molar-refractivity contribution in [2.24, 2.45) is 11.1 Å². The van der Waals surface area contributed by atoms with Crippen LogP contribution >= 0.6 is 0 Å². The molecule has 1 aromatic rings. The number of benzene rings is 1. The average Bonchev–Trinajstić information content (AvgIpc) is 2.24. The predicted octanol–water partition coefficient (Wildman–Crippen LogP) is 1.56. The van der Waals surface area contributed by atoms with Crippen molar-refractivity contribution in [3.63, 3.8) is 0 Å². The van der Waals surface area contributed by atoms with Gasteiger partial charge < -0.3 is 5.32 Å². The highest BCUT2D eigenvalue weighted by molar-refractivity contribution is 7.89. The molecule has 0 aromatic heterocycles. The Kier molecular flexibility index (Phi) is 4.15. The number of carbonyl (C=O) groups is 1. The molecule has 1 fully saturated rings. The van der Waals surface area contributed by atoms with Gasteiger partial charge in [0.1, 0.15) is 0 Å². The number of carbonyl (C=O) groups excluding carboxylic acids is 1. The van der Waals surface area contributed by atoms with Crippen LogP contribution in [-0.2, 0) is 10.0 Å². The Morgan fingerprint density at radius 3 is 2.50 bits per heavy atom. The van der Waals surface area contributed by atoms with E-state index in [1.807, 2.05) is 6.92 Å². The van der Waals surface area contributed by atoms with Crippen molar-refractivity contribution in [3.8, 4) is 0 Å². The molecule has 0 aliphatic heterocycles. The van der Waals surface area contributed by atoms with Crippen LogP contribution in [0.1, 0.15) is 42.1 Å². The fraction of sp³-hybridized carbons (Fsp3) is 0.500. The maximum absolute atomic E-state index is 12.2. The van der Waals surface area contributed by atoms with Crippen molar-refractivity contribution in [3.05, 3.63) is 29.3 Å². The third-order valence-electron chi connectivity index (χ3n) is 3.99. The molecule has 1 atom stereocenters. The van der Waals surface area contributed by atoms with Crippen molar-refractivity contribution < 1.29 is 13.2 Å². The number of aryl methyl sites for hydroxylation is 1. The third kappa shape index (κ3) is 3.19. The van der Waals surface area contributed by atoms with Gasteiger partial charge in [0.05, 0.1) is 4.90 Å². The average molecular weight is 296 g/mol. The Labute approximate surface area is 119 Å². The first kappa shape index (κ1) is 15.0. The van der Waals surface area contributed by atoms with Crippen molar-refractivity contribution in [2.75, 3.05) is 0 Å². The van der Waals surface area contributed by atoms with Gasteiger partial charge >= 0.3 is 0 Å².